The molecule has 0 spiro atoms. The summed E-state index contributed by atoms with van der Waals surface area (Å²) in [5, 5.41) is 0. The van der Waals surface area contributed by atoms with Crippen LogP contribution in [-0.2, 0) is 9.53 Å². The van der Waals surface area contributed by atoms with Crippen molar-refractivity contribution < 1.29 is 9.53 Å². The molecule has 0 radical (unpaired) electrons. The molecule has 0 unspecified atom stereocenters. The van der Waals surface area contributed by atoms with Crippen molar-refractivity contribution >= 4 is 5.97 Å². The Labute approximate surface area is 66.9 Å². The second kappa shape index (κ2) is 2.84. The summed E-state index contributed by atoms with van der Waals surface area (Å²) in [5.74, 6) is 0.717. The Balaban J connectivity index is 1.98. The largest absolute Gasteiger partial charge is 0.462 e. The summed E-state index contributed by atoms with van der Waals surface area (Å²) in [6, 6.07) is 0. The fourth-order valence-electron chi connectivity index (χ4n) is 2.19. The Bertz CT molecular complexity index is 165. The Morgan fingerprint density at radius 1 is 1.18 bits per heavy atom. The molecule has 2 fully saturated rings. The van der Waals surface area contributed by atoms with E-state index < -0.39 is 0 Å². The van der Waals surface area contributed by atoms with Crippen molar-refractivity contribution in [2.24, 2.45) is 5.92 Å². The van der Waals surface area contributed by atoms with Gasteiger partial charge in [-0.3, -0.25) is 4.79 Å². The van der Waals surface area contributed by atoms with Crippen molar-refractivity contribution in [3.8, 4) is 0 Å². The van der Waals surface area contributed by atoms with Crippen LogP contribution >= 0.6 is 0 Å². The number of esters is 1. The van der Waals surface area contributed by atoms with E-state index in [1.165, 1.54) is 19.3 Å². The summed E-state index contributed by atoms with van der Waals surface area (Å²) in [5.41, 5.74) is 0. The van der Waals surface area contributed by atoms with E-state index in [-0.39, 0.29) is 12.1 Å². The number of fused-ring (bicyclic) bond motifs is 1. The molecule has 1 aliphatic carbocycles. The van der Waals surface area contributed by atoms with Gasteiger partial charge in [-0.1, -0.05) is 6.42 Å². The van der Waals surface area contributed by atoms with Crippen molar-refractivity contribution in [2.75, 3.05) is 0 Å². The van der Waals surface area contributed by atoms with Crippen LogP contribution in [0, 0.1) is 5.92 Å². The van der Waals surface area contributed by atoms with Crippen molar-refractivity contribution in [3.63, 3.8) is 0 Å². The standard InChI is InChI=1S/C9H14O2/c10-9-6-5-7-3-1-2-4-8(7)11-9/h7-8H,1-6H2/t7-,8-/m1/s1. The zero-order valence-corrected chi connectivity index (χ0v) is 6.71. The molecule has 0 N–H and O–H groups in total. The molecule has 0 amide bonds. The predicted molar refractivity (Wildman–Crippen MR) is 41.1 cm³/mol. The summed E-state index contributed by atoms with van der Waals surface area (Å²) < 4.78 is 5.25. The molecule has 2 atom stereocenters. The smallest absolute Gasteiger partial charge is 0.306 e. The van der Waals surface area contributed by atoms with Crippen LogP contribution in [-0.4, -0.2) is 12.1 Å². The summed E-state index contributed by atoms with van der Waals surface area (Å²) in [6.07, 6.45) is 6.97. The minimum Gasteiger partial charge on any atom is -0.462 e. The first-order valence-electron chi connectivity index (χ1n) is 4.56. The number of rotatable bonds is 0. The SMILES string of the molecule is O=C1CC[C@H]2CCCC[C@H]2O1. The van der Waals surface area contributed by atoms with Gasteiger partial charge in [0.2, 0.25) is 0 Å². The molecule has 11 heavy (non-hydrogen) atoms. The van der Waals surface area contributed by atoms with Crippen LogP contribution in [0.2, 0.25) is 0 Å². The van der Waals surface area contributed by atoms with Crippen molar-refractivity contribution in [2.45, 2.75) is 44.6 Å². The van der Waals surface area contributed by atoms with E-state index in [9.17, 15) is 4.79 Å². The average Bonchev–Trinajstić information content (AvgIpc) is 2.04. The number of ether oxygens (including phenoxy) is 1. The number of hydrogen-bond acceptors (Lipinski definition) is 2. The third-order valence-corrected chi connectivity index (χ3v) is 2.84. The van der Waals surface area contributed by atoms with Crippen molar-refractivity contribution in [1.82, 2.24) is 0 Å². The van der Waals surface area contributed by atoms with E-state index in [2.05, 4.69) is 0 Å². The lowest BCUT2D eigenvalue weighted by molar-refractivity contribution is -0.160. The lowest BCUT2D eigenvalue weighted by Crippen LogP contribution is -2.34. The molecule has 0 aromatic rings. The summed E-state index contributed by atoms with van der Waals surface area (Å²) in [4.78, 5) is 10.9. The lowest BCUT2D eigenvalue weighted by Gasteiger charge is -2.34. The van der Waals surface area contributed by atoms with Gasteiger partial charge in [-0.2, -0.15) is 0 Å². The highest BCUT2D eigenvalue weighted by atomic mass is 16.5. The van der Waals surface area contributed by atoms with E-state index in [4.69, 9.17) is 4.74 Å². The molecule has 0 aromatic heterocycles. The zero-order chi connectivity index (χ0) is 7.68. The third-order valence-electron chi connectivity index (χ3n) is 2.84. The van der Waals surface area contributed by atoms with Crippen LogP contribution in [0.25, 0.3) is 0 Å². The highest BCUT2D eigenvalue weighted by Crippen LogP contribution is 2.33. The van der Waals surface area contributed by atoms with Gasteiger partial charge in [0.05, 0.1) is 0 Å². The third kappa shape index (κ3) is 1.39. The van der Waals surface area contributed by atoms with Crippen LogP contribution in [0.15, 0.2) is 0 Å². The van der Waals surface area contributed by atoms with E-state index in [1.54, 1.807) is 0 Å². The second-order valence-electron chi connectivity index (χ2n) is 3.61. The first-order chi connectivity index (χ1) is 5.36. The van der Waals surface area contributed by atoms with E-state index >= 15 is 0 Å². The van der Waals surface area contributed by atoms with Gasteiger partial charge in [-0.15, -0.1) is 0 Å². The highest BCUT2D eigenvalue weighted by molar-refractivity contribution is 5.70. The van der Waals surface area contributed by atoms with Gasteiger partial charge in [-0.25, -0.2) is 0 Å². The fraction of sp³-hybridized carbons (Fsp3) is 0.889. The summed E-state index contributed by atoms with van der Waals surface area (Å²) >= 11 is 0. The molecular formula is C9H14O2. The monoisotopic (exact) mass is 154 g/mol. The Morgan fingerprint density at radius 3 is 2.91 bits per heavy atom. The van der Waals surface area contributed by atoms with E-state index in [0.717, 1.165) is 12.8 Å². The van der Waals surface area contributed by atoms with Gasteiger partial charge in [0, 0.05) is 6.42 Å². The molecule has 1 heterocycles. The van der Waals surface area contributed by atoms with Gasteiger partial charge in [0.15, 0.2) is 0 Å². The Kier molecular flexibility index (Phi) is 1.84. The van der Waals surface area contributed by atoms with Gasteiger partial charge in [0.25, 0.3) is 0 Å². The van der Waals surface area contributed by atoms with Gasteiger partial charge >= 0.3 is 5.97 Å². The van der Waals surface area contributed by atoms with Gasteiger partial charge in [-0.05, 0) is 31.6 Å². The molecule has 1 saturated heterocycles. The molecule has 62 valence electrons. The maximum absolute atomic E-state index is 10.9. The van der Waals surface area contributed by atoms with E-state index in [0.29, 0.717) is 12.3 Å². The van der Waals surface area contributed by atoms with Gasteiger partial charge in [0.1, 0.15) is 6.10 Å². The predicted octanol–water partition coefficient (Wildman–Crippen LogP) is 1.88. The first-order valence-corrected chi connectivity index (χ1v) is 4.56. The minimum absolute atomic E-state index is 0.0214. The molecular weight excluding hydrogens is 140 g/mol. The molecule has 2 aliphatic rings. The summed E-state index contributed by atoms with van der Waals surface area (Å²) in [7, 11) is 0. The molecule has 1 saturated carbocycles. The molecule has 0 aromatic carbocycles. The maximum atomic E-state index is 10.9. The maximum Gasteiger partial charge on any atom is 0.306 e. The lowest BCUT2D eigenvalue weighted by atomic mass is 9.82. The van der Waals surface area contributed by atoms with Crippen LogP contribution in [0.1, 0.15) is 38.5 Å². The van der Waals surface area contributed by atoms with E-state index in [1.807, 2.05) is 0 Å². The number of carbonyl (C=O) groups is 1. The highest BCUT2D eigenvalue weighted by Gasteiger charge is 2.32. The molecule has 0 bridgehead atoms. The number of carbonyl (C=O) groups excluding carboxylic acids is 1. The van der Waals surface area contributed by atoms with Crippen LogP contribution < -0.4 is 0 Å². The minimum atomic E-state index is 0.0214. The van der Waals surface area contributed by atoms with Gasteiger partial charge < -0.3 is 4.74 Å². The molecule has 2 rings (SSSR count). The summed E-state index contributed by atoms with van der Waals surface area (Å²) in [6.45, 7) is 0. The van der Waals surface area contributed by atoms with Crippen molar-refractivity contribution in [3.05, 3.63) is 0 Å². The van der Waals surface area contributed by atoms with Crippen LogP contribution in [0.3, 0.4) is 0 Å². The molecule has 2 nitrogen and oxygen atoms in total. The second-order valence-corrected chi connectivity index (χ2v) is 3.61. The Hall–Kier alpha value is -0.530. The molecule has 2 heteroatoms. The quantitative estimate of drug-likeness (QED) is 0.498. The molecule has 1 aliphatic heterocycles. The number of hydrogen-bond donors (Lipinski definition) is 0. The van der Waals surface area contributed by atoms with Crippen molar-refractivity contribution in [1.29, 1.82) is 0 Å². The Morgan fingerprint density at radius 2 is 2.00 bits per heavy atom. The first kappa shape index (κ1) is 7.14. The van der Waals surface area contributed by atoms with Crippen LogP contribution in [0.5, 0.6) is 0 Å². The average molecular weight is 154 g/mol. The van der Waals surface area contributed by atoms with Crippen LogP contribution in [0.4, 0.5) is 0 Å². The zero-order valence-electron chi connectivity index (χ0n) is 6.71. The fourth-order valence-corrected chi connectivity index (χ4v) is 2.19. The topological polar surface area (TPSA) is 26.3 Å². The normalized spacial score (nSPS) is 37.6.